The van der Waals surface area contributed by atoms with Crippen LogP contribution in [-0.4, -0.2) is 18.0 Å². The fourth-order valence-electron chi connectivity index (χ4n) is 2.10. The highest BCUT2D eigenvalue weighted by atomic mass is 15.2. The van der Waals surface area contributed by atoms with Gasteiger partial charge in [0.25, 0.3) is 0 Å². The maximum atomic E-state index is 5.58. The van der Waals surface area contributed by atoms with E-state index in [1.165, 1.54) is 25.7 Å². The predicted molar refractivity (Wildman–Crippen MR) is 50.0 cm³/mol. The second kappa shape index (κ2) is 2.64. The lowest BCUT2D eigenvalue weighted by atomic mass is 9.77. The second-order valence-electron chi connectivity index (χ2n) is 4.39. The summed E-state index contributed by atoms with van der Waals surface area (Å²) >= 11 is 0. The molecule has 68 valence electrons. The number of nitrogens with two attached hydrogens (primary N) is 1. The molecule has 1 saturated carbocycles. The molecule has 3 heteroatoms. The summed E-state index contributed by atoms with van der Waals surface area (Å²) in [7, 11) is 0. The molecule has 0 amide bonds. The van der Waals surface area contributed by atoms with Gasteiger partial charge >= 0.3 is 0 Å². The predicted octanol–water partition coefficient (Wildman–Crippen LogP) is 0.853. The van der Waals surface area contributed by atoms with Crippen LogP contribution in [0.25, 0.3) is 0 Å². The van der Waals surface area contributed by atoms with Crippen LogP contribution in [0.4, 0.5) is 0 Å². The first kappa shape index (κ1) is 7.90. The highest BCUT2D eigenvalue weighted by molar-refractivity contribution is 5.80. The van der Waals surface area contributed by atoms with Crippen molar-refractivity contribution in [2.24, 2.45) is 16.6 Å². The Labute approximate surface area is 73.4 Å². The summed E-state index contributed by atoms with van der Waals surface area (Å²) in [5.74, 6) is 1.54. The lowest BCUT2D eigenvalue weighted by Crippen LogP contribution is -2.47. The van der Waals surface area contributed by atoms with E-state index in [1.807, 2.05) is 0 Å². The van der Waals surface area contributed by atoms with Crippen molar-refractivity contribution in [3.05, 3.63) is 0 Å². The van der Waals surface area contributed by atoms with Crippen molar-refractivity contribution in [3.8, 4) is 0 Å². The molecule has 2 aliphatic rings. The zero-order valence-electron chi connectivity index (χ0n) is 7.64. The van der Waals surface area contributed by atoms with Gasteiger partial charge in [0.2, 0.25) is 0 Å². The Bertz CT molecular complexity index is 208. The quantitative estimate of drug-likeness (QED) is 0.640. The van der Waals surface area contributed by atoms with E-state index in [2.05, 4.69) is 17.2 Å². The molecule has 2 rings (SSSR count). The molecule has 0 aromatic carbocycles. The lowest BCUT2D eigenvalue weighted by molar-refractivity contribution is 0.231. The van der Waals surface area contributed by atoms with E-state index in [1.54, 1.807) is 0 Å². The number of nitrogens with zero attached hydrogens (tertiary/aromatic N) is 1. The molecular weight excluding hydrogens is 150 g/mol. The largest absolute Gasteiger partial charge is 0.370 e. The Morgan fingerprint density at radius 2 is 2.42 bits per heavy atom. The maximum absolute atomic E-state index is 5.58. The van der Waals surface area contributed by atoms with E-state index < -0.39 is 0 Å². The molecule has 1 aliphatic heterocycles. The van der Waals surface area contributed by atoms with E-state index in [-0.39, 0.29) is 5.54 Å². The number of aliphatic imine (C=N–C) groups is 1. The van der Waals surface area contributed by atoms with Crippen molar-refractivity contribution in [2.45, 2.75) is 38.1 Å². The van der Waals surface area contributed by atoms with Crippen molar-refractivity contribution in [3.63, 3.8) is 0 Å². The molecule has 3 nitrogen and oxygen atoms in total. The first-order valence-corrected chi connectivity index (χ1v) is 4.76. The van der Waals surface area contributed by atoms with Gasteiger partial charge in [-0.3, -0.25) is 4.99 Å². The molecule has 0 aromatic rings. The van der Waals surface area contributed by atoms with Crippen LogP contribution in [0.2, 0.25) is 0 Å². The van der Waals surface area contributed by atoms with Crippen molar-refractivity contribution in [2.75, 3.05) is 6.54 Å². The van der Waals surface area contributed by atoms with E-state index in [9.17, 15) is 0 Å². The van der Waals surface area contributed by atoms with E-state index >= 15 is 0 Å². The summed E-state index contributed by atoms with van der Waals surface area (Å²) < 4.78 is 0. The zero-order chi connectivity index (χ0) is 8.60. The Kier molecular flexibility index (Phi) is 1.74. The molecule has 0 aromatic heterocycles. The normalized spacial score (nSPS) is 35.6. The maximum Gasteiger partial charge on any atom is 0.189 e. The average molecular weight is 167 g/mol. The van der Waals surface area contributed by atoms with E-state index in [0.29, 0.717) is 5.96 Å². The average Bonchev–Trinajstić information content (AvgIpc) is 2.24. The van der Waals surface area contributed by atoms with Gasteiger partial charge in [0.05, 0.1) is 12.1 Å². The number of hydrogen-bond donors (Lipinski definition) is 2. The second-order valence-corrected chi connectivity index (χ2v) is 4.39. The Morgan fingerprint density at radius 1 is 1.67 bits per heavy atom. The Balaban J connectivity index is 1.86. The zero-order valence-corrected chi connectivity index (χ0v) is 7.64. The first-order valence-electron chi connectivity index (χ1n) is 4.76. The van der Waals surface area contributed by atoms with Crippen molar-refractivity contribution >= 4 is 5.96 Å². The van der Waals surface area contributed by atoms with Crippen LogP contribution in [0.3, 0.4) is 0 Å². The SMILES string of the molecule is CC1(CC2CCC2)CN=C(N)N1. The minimum absolute atomic E-state index is 0.162. The van der Waals surface area contributed by atoms with Crippen LogP contribution in [-0.2, 0) is 0 Å². The number of nitrogens with one attached hydrogen (secondary N) is 1. The molecule has 1 unspecified atom stereocenters. The van der Waals surface area contributed by atoms with Crippen LogP contribution >= 0.6 is 0 Å². The standard InChI is InChI=1S/C9H17N3/c1-9(5-7-3-2-4-7)6-11-8(10)12-9/h7H,2-6H2,1H3,(H3,10,11,12). The highest BCUT2D eigenvalue weighted by Gasteiger charge is 2.33. The van der Waals surface area contributed by atoms with Crippen LogP contribution in [0.1, 0.15) is 32.6 Å². The molecular formula is C9H17N3. The molecule has 0 bridgehead atoms. The molecule has 1 aliphatic carbocycles. The van der Waals surface area contributed by atoms with Crippen LogP contribution in [0, 0.1) is 5.92 Å². The smallest absolute Gasteiger partial charge is 0.189 e. The van der Waals surface area contributed by atoms with Gasteiger partial charge in [-0.05, 0) is 19.3 Å². The summed E-state index contributed by atoms with van der Waals surface area (Å²) in [5, 5.41) is 3.26. The summed E-state index contributed by atoms with van der Waals surface area (Å²) in [6.07, 6.45) is 5.45. The molecule has 12 heavy (non-hydrogen) atoms. The summed E-state index contributed by atoms with van der Waals surface area (Å²) in [6, 6.07) is 0. The lowest BCUT2D eigenvalue weighted by Gasteiger charge is -2.34. The third-order valence-corrected chi connectivity index (χ3v) is 2.99. The molecule has 1 heterocycles. The van der Waals surface area contributed by atoms with Gasteiger partial charge in [0.15, 0.2) is 5.96 Å². The minimum Gasteiger partial charge on any atom is -0.370 e. The number of rotatable bonds is 2. The summed E-state index contributed by atoms with van der Waals surface area (Å²) in [4.78, 5) is 4.18. The number of hydrogen-bond acceptors (Lipinski definition) is 3. The van der Waals surface area contributed by atoms with Crippen molar-refractivity contribution < 1.29 is 0 Å². The fourth-order valence-corrected chi connectivity index (χ4v) is 2.10. The monoisotopic (exact) mass is 167 g/mol. The third kappa shape index (κ3) is 1.40. The summed E-state index contributed by atoms with van der Waals surface area (Å²) in [6.45, 7) is 3.07. The van der Waals surface area contributed by atoms with Gasteiger partial charge in [0, 0.05) is 0 Å². The van der Waals surface area contributed by atoms with E-state index in [0.717, 1.165) is 12.5 Å². The molecule has 1 fully saturated rings. The Hall–Kier alpha value is -0.730. The van der Waals surface area contributed by atoms with Crippen LogP contribution in [0.5, 0.6) is 0 Å². The van der Waals surface area contributed by atoms with Crippen LogP contribution < -0.4 is 11.1 Å². The van der Waals surface area contributed by atoms with Gasteiger partial charge in [-0.15, -0.1) is 0 Å². The van der Waals surface area contributed by atoms with Gasteiger partial charge in [-0.1, -0.05) is 19.3 Å². The molecule has 3 N–H and O–H groups in total. The van der Waals surface area contributed by atoms with Gasteiger partial charge in [0.1, 0.15) is 0 Å². The Morgan fingerprint density at radius 3 is 2.83 bits per heavy atom. The highest BCUT2D eigenvalue weighted by Crippen LogP contribution is 2.34. The molecule has 0 radical (unpaired) electrons. The van der Waals surface area contributed by atoms with Crippen LogP contribution in [0.15, 0.2) is 4.99 Å². The minimum atomic E-state index is 0.162. The topological polar surface area (TPSA) is 50.4 Å². The molecule has 0 spiro atoms. The van der Waals surface area contributed by atoms with Crippen molar-refractivity contribution in [1.82, 2.24) is 5.32 Å². The van der Waals surface area contributed by atoms with Gasteiger partial charge < -0.3 is 11.1 Å². The molecule has 0 saturated heterocycles. The van der Waals surface area contributed by atoms with E-state index in [4.69, 9.17) is 5.73 Å². The van der Waals surface area contributed by atoms with Gasteiger partial charge in [-0.25, -0.2) is 0 Å². The molecule has 1 atom stereocenters. The van der Waals surface area contributed by atoms with Gasteiger partial charge in [-0.2, -0.15) is 0 Å². The fraction of sp³-hybridized carbons (Fsp3) is 0.889. The van der Waals surface area contributed by atoms with Crippen molar-refractivity contribution in [1.29, 1.82) is 0 Å². The third-order valence-electron chi connectivity index (χ3n) is 2.99. The summed E-state index contributed by atoms with van der Waals surface area (Å²) in [5.41, 5.74) is 5.75. The first-order chi connectivity index (χ1) is 5.68. The number of guanidine groups is 1.